The molecule has 1 aromatic heterocycles. The van der Waals surface area contributed by atoms with Gasteiger partial charge in [0.25, 0.3) is 0 Å². The average molecular weight is 252 g/mol. The number of anilines is 1. The van der Waals surface area contributed by atoms with Crippen LogP contribution < -0.4 is 11.3 Å². The first-order valence-corrected chi connectivity index (χ1v) is 5.03. The number of pyridine rings is 1. The molecule has 3 N–H and O–H groups in total. The van der Waals surface area contributed by atoms with Crippen LogP contribution in [-0.2, 0) is 0 Å². The van der Waals surface area contributed by atoms with E-state index < -0.39 is 0 Å². The van der Waals surface area contributed by atoms with Crippen molar-refractivity contribution in [3.05, 3.63) is 34.4 Å². The first-order valence-electron chi connectivity index (χ1n) is 4.24. The summed E-state index contributed by atoms with van der Waals surface area (Å²) in [5.41, 5.74) is 5.65. The summed E-state index contributed by atoms with van der Waals surface area (Å²) in [5.74, 6) is 5.42. The minimum atomic E-state index is 0.888. The summed E-state index contributed by atoms with van der Waals surface area (Å²) in [6.45, 7) is 2.04. The SMILES string of the molecule is Cc1cc(Br)c2nccc(NN)c2c1. The molecule has 0 spiro atoms. The summed E-state index contributed by atoms with van der Waals surface area (Å²) < 4.78 is 0.990. The molecule has 0 unspecified atom stereocenters. The molecule has 4 heteroatoms. The van der Waals surface area contributed by atoms with Gasteiger partial charge in [-0.05, 0) is 46.6 Å². The number of rotatable bonds is 1. The number of benzene rings is 1. The third-order valence-corrected chi connectivity index (χ3v) is 2.70. The van der Waals surface area contributed by atoms with Crippen molar-refractivity contribution in [2.45, 2.75) is 6.92 Å². The monoisotopic (exact) mass is 251 g/mol. The number of nitrogens with one attached hydrogen (secondary N) is 1. The molecule has 0 aliphatic rings. The first-order chi connectivity index (χ1) is 6.72. The van der Waals surface area contributed by atoms with Gasteiger partial charge < -0.3 is 5.43 Å². The number of nitrogens with zero attached hydrogens (tertiary/aromatic N) is 1. The van der Waals surface area contributed by atoms with Crippen LogP contribution in [0.2, 0.25) is 0 Å². The Morgan fingerprint density at radius 3 is 2.93 bits per heavy atom. The van der Waals surface area contributed by atoms with Crippen LogP contribution in [0.25, 0.3) is 10.9 Å². The van der Waals surface area contributed by atoms with Crippen LogP contribution in [0.4, 0.5) is 5.69 Å². The lowest BCUT2D eigenvalue weighted by molar-refractivity contribution is 1.32. The van der Waals surface area contributed by atoms with Gasteiger partial charge in [-0.2, -0.15) is 0 Å². The molecule has 2 rings (SSSR count). The van der Waals surface area contributed by atoms with Crippen LogP contribution in [0.5, 0.6) is 0 Å². The highest BCUT2D eigenvalue weighted by Crippen LogP contribution is 2.28. The largest absolute Gasteiger partial charge is 0.323 e. The van der Waals surface area contributed by atoms with Gasteiger partial charge in [0.05, 0.1) is 11.2 Å². The van der Waals surface area contributed by atoms with Crippen molar-refractivity contribution in [2.24, 2.45) is 5.84 Å². The van der Waals surface area contributed by atoms with Crippen molar-refractivity contribution in [3.63, 3.8) is 0 Å². The van der Waals surface area contributed by atoms with E-state index in [9.17, 15) is 0 Å². The van der Waals surface area contributed by atoms with Gasteiger partial charge >= 0.3 is 0 Å². The summed E-state index contributed by atoms with van der Waals surface area (Å²) in [4.78, 5) is 4.29. The number of nitrogens with two attached hydrogens (primary N) is 1. The smallest absolute Gasteiger partial charge is 0.0865 e. The molecule has 1 heterocycles. The lowest BCUT2D eigenvalue weighted by Crippen LogP contribution is -2.07. The molecule has 0 amide bonds. The van der Waals surface area contributed by atoms with Gasteiger partial charge in [0.2, 0.25) is 0 Å². The lowest BCUT2D eigenvalue weighted by atomic mass is 10.1. The zero-order valence-electron chi connectivity index (χ0n) is 7.71. The van der Waals surface area contributed by atoms with Crippen LogP contribution in [0, 0.1) is 6.92 Å². The molecular weight excluding hydrogens is 242 g/mol. The average Bonchev–Trinajstić information content (AvgIpc) is 2.17. The van der Waals surface area contributed by atoms with Gasteiger partial charge in [-0.3, -0.25) is 10.8 Å². The third kappa shape index (κ3) is 1.47. The van der Waals surface area contributed by atoms with Gasteiger partial charge in [0.1, 0.15) is 0 Å². The molecule has 0 fully saturated rings. The van der Waals surface area contributed by atoms with Gasteiger partial charge in [0, 0.05) is 16.1 Å². The topological polar surface area (TPSA) is 50.9 Å². The number of nitrogen functional groups attached to an aromatic ring is 1. The Bertz CT molecular complexity index is 482. The number of aromatic nitrogens is 1. The van der Waals surface area contributed by atoms with Crippen molar-refractivity contribution in [3.8, 4) is 0 Å². The molecule has 0 bridgehead atoms. The molecule has 0 radical (unpaired) electrons. The second-order valence-corrected chi connectivity index (χ2v) is 4.00. The van der Waals surface area contributed by atoms with E-state index in [1.165, 1.54) is 5.56 Å². The van der Waals surface area contributed by atoms with Crippen LogP contribution >= 0.6 is 15.9 Å². The fourth-order valence-corrected chi connectivity index (χ4v) is 2.15. The molecule has 1 aromatic carbocycles. The Kier molecular flexibility index (Phi) is 2.39. The summed E-state index contributed by atoms with van der Waals surface area (Å²) in [6.07, 6.45) is 1.73. The normalized spacial score (nSPS) is 10.5. The number of halogens is 1. The molecule has 3 nitrogen and oxygen atoms in total. The Morgan fingerprint density at radius 2 is 2.21 bits per heavy atom. The number of hydrogen-bond donors (Lipinski definition) is 2. The zero-order valence-corrected chi connectivity index (χ0v) is 9.30. The van der Waals surface area contributed by atoms with Crippen LogP contribution in [0.1, 0.15) is 5.56 Å². The maximum atomic E-state index is 5.42. The molecule has 0 saturated heterocycles. The summed E-state index contributed by atoms with van der Waals surface area (Å²) in [6, 6.07) is 5.95. The quantitative estimate of drug-likeness (QED) is 0.605. The third-order valence-electron chi connectivity index (χ3n) is 2.10. The van der Waals surface area contributed by atoms with E-state index in [0.717, 1.165) is 21.1 Å². The van der Waals surface area contributed by atoms with E-state index in [4.69, 9.17) is 5.84 Å². The predicted molar refractivity (Wildman–Crippen MR) is 62.0 cm³/mol. The second kappa shape index (κ2) is 3.55. The minimum absolute atomic E-state index is 0.888. The molecule has 0 atom stereocenters. The predicted octanol–water partition coefficient (Wildman–Crippen LogP) is 2.59. The fourth-order valence-electron chi connectivity index (χ4n) is 1.47. The van der Waals surface area contributed by atoms with Crippen molar-refractivity contribution >= 4 is 32.5 Å². The molecule has 14 heavy (non-hydrogen) atoms. The van der Waals surface area contributed by atoms with E-state index >= 15 is 0 Å². The maximum Gasteiger partial charge on any atom is 0.0865 e. The van der Waals surface area contributed by atoms with E-state index in [1.54, 1.807) is 6.20 Å². The standard InChI is InChI=1S/C10H10BrN3/c1-6-4-7-9(14-12)2-3-13-10(7)8(11)5-6/h2-5H,12H2,1H3,(H,13,14). The van der Waals surface area contributed by atoms with Gasteiger partial charge in [-0.25, -0.2) is 0 Å². The maximum absolute atomic E-state index is 5.42. The highest BCUT2D eigenvalue weighted by Gasteiger charge is 2.04. The summed E-state index contributed by atoms with van der Waals surface area (Å²) in [5, 5.41) is 1.03. The number of aryl methyl sites for hydroxylation is 1. The Hall–Kier alpha value is -1.13. The number of hydrogen-bond acceptors (Lipinski definition) is 3. The Labute approximate surface area is 90.4 Å². The number of hydrazine groups is 1. The first kappa shape index (κ1) is 9.43. The zero-order chi connectivity index (χ0) is 10.1. The van der Waals surface area contributed by atoms with Crippen molar-refractivity contribution in [2.75, 3.05) is 5.43 Å². The van der Waals surface area contributed by atoms with Crippen molar-refractivity contribution in [1.82, 2.24) is 4.98 Å². The van der Waals surface area contributed by atoms with E-state index in [1.807, 2.05) is 19.1 Å². The van der Waals surface area contributed by atoms with Crippen LogP contribution in [-0.4, -0.2) is 4.98 Å². The summed E-state index contributed by atoms with van der Waals surface area (Å²) >= 11 is 3.48. The molecular formula is C10H10BrN3. The van der Waals surface area contributed by atoms with Gasteiger partial charge in [-0.1, -0.05) is 0 Å². The van der Waals surface area contributed by atoms with E-state index in [2.05, 4.69) is 32.4 Å². The highest BCUT2D eigenvalue weighted by atomic mass is 79.9. The summed E-state index contributed by atoms with van der Waals surface area (Å²) in [7, 11) is 0. The van der Waals surface area contributed by atoms with Crippen molar-refractivity contribution < 1.29 is 0 Å². The van der Waals surface area contributed by atoms with E-state index in [0.29, 0.717) is 0 Å². The molecule has 0 aliphatic heterocycles. The highest BCUT2D eigenvalue weighted by molar-refractivity contribution is 9.10. The number of fused-ring (bicyclic) bond motifs is 1. The molecule has 2 aromatic rings. The lowest BCUT2D eigenvalue weighted by Gasteiger charge is -2.07. The van der Waals surface area contributed by atoms with Crippen LogP contribution in [0.3, 0.4) is 0 Å². The van der Waals surface area contributed by atoms with Gasteiger partial charge in [0.15, 0.2) is 0 Å². The van der Waals surface area contributed by atoms with Crippen molar-refractivity contribution in [1.29, 1.82) is 0 Å². The fraction of sp³-hybridized carbons (Fsp3) is 0.100. The molecule has 0 saturated carbocycles. The minimum Gasteiger partial charge on any atom is -0.323 e. The Morgan fingerprint density at radius 1 is 1.43 bits per heavy atom. The van der Waals surface area contributed by atoms with Crippen LogP contribution in [0.15, 0.2) is 28.9 Å². The second-order valence-electron chi connectivity index (χ2n) is 3.15. The van der Waals surface area contributed by atoms with Gasteiger partial charge in [-0.15, -0.1) is 0 Å². The Balaban J connectivity index is 2.86. The molecule has 72 valence electrons. The molecule has 0 aliphatic carbocycles. The van der Waals surface area contributed by atoms with E-state index in [-0.39, 0.29) is 0 Å².